The number of hydrogen-bond donors (Lipinski definition) is 0. The normalized spacial score (nSPS) is 12.4. The summed E-state index contributed by atoms with van der Waals surface area (Å²) in [5, 5.41) is 13.0. The average molecular weight is 1520 g/mol. The van der Waals surface area contributed by atoms with E-state index in [9.17, 15) is 0 Å². The van der Waals surface area contributed by atoms with E-state index in [1.807, 2.05) is 0 Å². The molecular formula is C109H87BN4Si2. The molecule has 0 fully saturated rings. The summed E-state index contributed by atoms with van der Waals surface area (Å²) >= 11 is 0. The minimum Gasteiger partial charge on any atom is -0.311 e. The van der Waals surface area contributed by atoms with E-state index >= 15 is 0 Å². The smallest absolute Gasteiger partial charge is 0.252 e. The van der Waals surface area contributed by atoms with Crippen LogP contribution in [-0.4, -0.2) is 27.4 Å². The minimum atomic E-state index is -3.16. The van der Waals surface area contributed by atoms with Gasteiger partial charge in [-0.1, -0.05) is 343 Å². The third kappa shape index (κ3) is 12.1. The van der Waals surface area contributed by atoms with Gasteiger partial charge in [0.05, 0.1) is 16.7 Å². The predicted octanol–water partition coefficient (Wildman–Crippen LogP) is 20.1. The van der Waals surface area contributed by atoms with E-state index < -0.39 is 16.1 Å². The minimum absolute atomic E-state index is 0.114. The molecule has 2 aliphatic rings. The van der Waals surface area contributed by atoms with Crippen LogP contribution in [0.1, 0.15) is 56.0 Å². The van der Waals surface area contributed by atoms with Gasteiger partial charge in [0.2, 0.25) is 0 Å². The number of rotatable bonds is 17. The average Bonchev–Trinajstić information content (AvgIpc) is 0.848. The fourth-order valence-electron chi connectivity index (χ4n) is 19.9. The van der Waals surface area contributed by atoms with Gasteiger partial charge in [-0.2, -0.15) is 0 Å². The Bertz CT molecular complexity index is 6350. The topological polar surface area (TPSA) is 14.7 Å². The molecule has 18 aromatic rings. The van der Waals surface area contributed by atoms with Gasteiger partial charge in [0.25, 0.3) is 6.71 Å². The summed E-state index contributed by atoms with van der Waals surface area (Å²) < 4.78 is 2.58. The molecule has 4 nitrogen and oxygen atoms in total. The SMILES string of the molecule is Cc1cc(C)cc(C(c2cc(C)cc(C)c2)c2ccc3c(c2)N(c2cccc([Si](c4ccccc4)(c4ccccc4)c4ccccc4)c2)c2cc(-n4c5ccc(C)cc5c5cc(C)ccc54)cc4c2B3c2ccc(N(c3ccccc3)c3ccccc3)cc2N4c2cccc([Si](c3ccccc3)(c3ccccc3)c3ccccc3)c2)c1. The fourth-order valence-corrected chi connectivity index (χ4v) is 29.5. The van der Waals surface area contributed by atoms with Crippen molar-refractivity contribution in [2.24, 2.45) is 0 Å². The highest BCUT2D eigenvalue weighted by molar-refractivity contribution is 7.20. The van der Waals surface area contributed by atoms with E-state index in [2.05, 4.69) is 473 Å². The summed E-state index contributed by atoms with van der Waals surface area (Å²) in [6, 6.07) is 159. The molecule has 3 heterocycles. The van der Waals surface area contributed by atoms with E-state index in [1.165, 1.54) is 119 Å². The number of hydrogen-bond acceptors (Lipinski definition) is 3. The third-order valence-corrected chi connectivity index (χ3v) is 34.0. The molecule has 1 aromatic heterocycles. The van der Waals surface area contributed by atoms with Gasteiger partial charge in [0.1, 0.15) is 0 Å². The molecule has 0 saturated heterocycles. The van der Waals surface area contributed by atoms with Crippen LogP contribution in [0.15, 0.2) is 413 Å². The molecule has 2 aliphatic heterocycles. The molecule has 116 heavy (non-hydrogen) atoms. The molecule has 20 rings (SSSR count). The highest BCUT2D eigenvalue weighted by Crippen LogP contribution is 2.49. The lowest BCUT2D eigenvalue weighted by atomic mass is 9.33. The summed E-state index contributed by atoms with van der Waals surface area (Å²) in [5.74, 6) is -0.114. The summed E-state index contributed by atoms with van der Waals surface area (Å²) in [4.78, 5) is 7.83. The van der Waals surface area contributed by atoms with Crippen molar-refractivity contribution in [3.63, 3.8) is 0 Å². The molecule has 7 heteroatoms. The highest BCUT2D eigenvalue weighted by Gasteiger charge is 2.48. The first-order valence-electron chi connectivity index (χ1n) is 40.7. The third-order valence-electron chi connectivity index (χ3n) is 24.5. The van der Waals surface area contributed by atoms with Gasteiger partial charge in [-0.25, -0.2) is 0 Å². The second kappa shape index (κ2) is 29.4. The lowest BCUT2D eigenvalue weighted by Gasteiger charge is -2.45. The van der Waals surface area contributed by atoms with Gasteiger partial charge in [0, 0.05) is 67.9 Å². The van der Waals surface area contributed by atoms with Crippen molar-refractivity contribution >= 4 is 154 Å². The van der Waals surface area contributed by atoms with Crippen molar-refractivity contribution in [2.75, 3.05) is 14.7 Å². The predicted molar refractivity (Wildman–Crippen MR) is 499 cm³/mol. The number of benzene rings is 17. The molecular weight excluding hydrogens is 1430 g/mol. The van der Waals surface area contributed by atoms with Crippen LogP contribution in [0.4, 0.5) is 51.2 Å². The van der Waals surface area contributed by atoms with E-state index in [1.54, 1.807) is 0 Å². The second-order valence-corrected chi connectivity index (χ2v) is 39.6. The molecule has 0 unspecified atom stereocenters. The lowest BCUT2D eigenvalue weighted by Crippen LogP contribution is -2.74. The van der Waals surface area contributed by atoms with E-state index in [0.717, 1.165) is 67.9 Å². The summed E-state index contributed by atoms with van der Waals surface area (Å²) in [6.07, 6.45) is 0. The van der Waals surface area contributed by atoms with Gasteiger partial charge >= 0.3 is 0 Å². The Morgan fingerprint density at radius 1 is 0.241 bits per heavy atom. The summed E-state index contributed by atoms with van der Waals surface area (Å²) in [5.41, 5.74) is 28.1. The molecule has 0 aliphatic carbocycles. The number of para-hydroxylation sites is 2. The van der Waals surface area contributed by atoms with Crippen molar-refractivity contribution in [1.29, 1.82) is 0 Å². The Balaban J connectivity index is 0.948. The van der Waals surface area contributed by atoms with Crippen molar-refractivity contribution in [2.45, 2.75) is 47.5 Å². The molecule has 0 radical (unpaired) electrons. The maximum Gasteiger partial charge on any atom is 0.252 e. The molecule has 0 amide bonds. The first-order chi connectivity index (χ1) is 57.0. The van der Waals surface area contributed by atoms with Crippen LogP contribution in [0.5, 0.6) is 0 Å². The Morgan fingerprint density at radius 3 is 0.966 bits per heavy atom. The lowest BCUT2D eigenvalue weighted by molar-refractivity contribution is 0.964. The fraction of sp³-hybridized carbons (Fsp3) is 0.0642. The van der Waals surface area contributed by atoms with E-state index in [4.69, 9.17) is 0 Å². The number of fused-ring (bicyclic) bond motifs is 7. The van der Waals surface area contributed by atoms with Crippen LogP contribution < -0.4 is 72.6 Å². The quantitative estimate of drug-likeness (QED) is 0.0667. The van der Waals surface area contributed by atoms with Crippen LogP contribution in [-0.2, 0) is 0 Å². The zero-order valence-corrected chi connectivity index (χ0v) is 68.2. The number of aryl methyl sites for hydroxylation is 6. The molecule has 0 spiro atoms. The van der Waals surface area contributed by atoms with Crippen LogP contribution in [0.2, 0.25) is 0 Å². The Labute approximate surface area is 683 Å². The first kappa shape index (κ1) is 71.5. The largest absolute Gasteiger partial charge is 0.311 e. The first-order valence-corrected chi connectivity index (χ1v) is 44.7. The maximum atomic E-state index is 2.71. The Hall–Kier alpha value is -13.6. The highest BCUT2D eigenvalue weighted by atomic mass is 28.3. The van der Waals surface area contributed by atoms with Crippen molar-refractivity contribution < 1.29 is 0 Å². The molecule has 554 valence electrons. The van der Waals surface area contributed by atoms with Gasteiger partial charge in [-0.05, 0) is 219 Å². The molecule has 17 aromatic carbocycles. The summed E-state index contributed by atoms with van der Waals surface area (Å²) in [7, 11) is -6.32. The standard InChI is InChI=1S/C109H87BN4Si2/c1-75-53-59-102-98(67-75)99-68-76(2)54-60-103(99)114(102)89-73-106-109-107(74-89)113(87-38-32-52-97(71-87)116(93-45-25-12-26-46-93,94-47-27-13-28-48-94)95-49-29-14-30-50-95)105-72-88(111(84-33-15-7-16-34-84)85-35-17-8-18-36-85)56-58-101(105)110(109)100-57-55-81(108(82-63-77(3)61-78(4)64-82)83-65-79(5)62-80(6)66-83)69-104(100)112(106)86-37-31-51-96(70-86)115(90-39-19-9-20-40-90,91-41-21-10-22-42-91)92-43-23-11-24-44-92/h7-74,108H,1-6H3. The Kier molecular flexibility index (Phi) is 18.1. The zero-order chi connectivity index (χ0) is 78.2. The number of aromatic nitrogens is 1. The van der Waals surface area contributed by atoms with Crippen LogP contribution in [0.25, 0.3) is 27.5 Å². The summed E-state index contributed by atoms with van der Waals surface area (Å²) in [6.45, 7) is 13.2. The van der Waals surface area contributed by atoms with E-state index in [-0.39, 0.29) is 12.6 Å². The van der Waals surface area contributed by atoms with Crippen LogP contribution in [0.3, 0.4) is 0 Å². The van der Waals surface area contributed by atoms with Crippen molar-refractivity contribution in [3.05, 3.63) is 463 Å². The van der Waals surface area contributed by atoms with Gasteiger partial charge < -0.3 is 19.3 Å². The van der Waals surface area contributed by atoms with Crippen molar-refractivity contribution in [3.8, 4) is 5.69 Å². The molecule has 0 saturated carbocycles. The van der Waals surface area contributed by atoms with Crippen LogP contribution in [0, 0.1) is 41.5 Å². The van der Waals surface area contributed by atoms with Crippen molar-refractivity contribution in [1.82, 2.24) is 4.57 Å². The van der Waals surface area contributed by atoms with Crippen LogP contribution >= 0.6 is 0 Å². The van der Waals surface area contributed by atoms with Gasteiger partial charge in [-0.15, -0.1) is 0 Å². The van der Waals surface area contributed by atoms with Gasteiger partial charge in [-0.3, -0.25) is 0 Å². The number of nitrogens with zero attached hydrogens (tertiary/aromatic N) is 4. The monoisotopic (exact) mass is 1520 g/mol. The Morgan fingerprint density at radius 2 is 0.586 bits per heavy atom. The zero-order valence-electron chi connectivity index (χ0n) is 66.2. The molecule has 0 bridgehead atoms. The van der Waals surface area contributed by atoms with E-state index in [0.29, 0.717) is 0 Å². The second-order valence-electron chi connectivity index (χ2n) is 32.0. The molecule has 0 N–H and O–H groups in total. The maximum absolute atomic E-state index is 3.16. The number of anilines is 9. The molecule has 0 atom stereocenters. The van der Waals surface area contributed by atoms with Gasteiger partial charge in [0.15, 0.2) is 16.1 Å².